The summed E-state index contributed by atoms with van der Waals surface area (Å²) in [5.41, 5.74) is 2.31. The summed E-state index contributed by atoms with van der Waals surface area (Å²) in [5, 5.41) is 11.3. The summed E-state index contributed by atoms with van der Waals surface area (Å²) in [4.78, 5) is 0. The van der Waals surface area contributed by atoms with Crippen LogP contribution in [0.2, 0.25) is 0 Å². The third-order valence-corrected chi connectivity index (χ3v) is 4.19. The third-order valence-electron chi connectivity index (χ3n) is 3.93. The van der Waals surface area contributed by atoms with E-state index in [0.717, 1.165) is 22.6 Å². The molecular weight excluding hydrogens is 348 g/mol. The molecule has 0 saturated carbocycles. The van der Waals surface area contributed by atoms with Gasteiger partial charge in [0.15, 0.2) is 5.82 Å². The van der Waals surface area contributed by atoms with Gasteiger partial charge in [0.05, 0.1) is 6.21 Å². The summed E-state index contributed by atoms with van der Waals surface area (Å²) < 4.78 is 13.5. The van der Waals surface area contributed by atoms with Crippen LogP contribution in [0.4, 0.5) is 0 Å². The van der Waals surface area contributed by atoms with Crippen molar-refractivity contribution in [2.24, 2.45) is 5.10 Å². The normalized spacial score (nSPS) is 11.6. The molecule has 0 amide bonds. The standard InChI is InChI=1S/C19H22N4O2S/c1-12(2)16-8-5-13(3)9-17(16)24-11-18-21-22-19(26)23(18)20-10-15-7-6-14(4)25-15/h5-10,12H,11H2,1-4H3,(H,22,26)/b20-10-. The minimum atomic E-state index is 0.255. The van der Waals surface area contributed by atoms with E-state index in [0.29, 0.717) is 22.3 Å². The molecule has 0 saturated heterocycles. The average molecular weight is 370 g/mol. The zero-order chi connectivity index (χ0) is 18.7. The number of aromatic amines is 1. The number of nitrogens with one attached hydrogen (secondary N) is 1. The monoisotopic (exact) mass is 370 g/mol. The van der Waals surface area contributed by atoms with Crippen LogP contribution in [0.1, 0.15) is 48.2 Å². The second-order valence-electron chi connectivity index (χ2n) is 6.43. The number of hydrogen-bond acceptors (Lipinski definition) is 5. The van der Waals surface area contributed by atoms with Gasteiger partial charge < -0.3 is 9.15 Å². The van der Waals surface area contributed by atoms with Crippen LogP contribution in [0.3, 0.4) is 0 Å². The van der Waals surface area contributed by atoms with E-state index in [1.807, 2.05) is 32.0 Å². The van der Waals surface area contributed by atoms with E-state index < -0.39 is 0 Å². The molecular formula is C19H22N4O2S. The van der Waals surface area contributed by atoms with Crippen molar-refractivity contribution in [1.82, 2.24) is 14.9 Å². The van der Waals surface area contributed by atoms with Crippen molar-refractivity contribution in [1.29, 1.82) is 0 Å². The van der Waals surface area contributed by atoms with Crippen LogP contribution in [0, 0.1) is 18.6 Å². The Morgan fingerprint density at radius 1 is 1.31 bits per heavy atom. The molecule has 0 atom stereocenters. The van der Waals surface area contributed by atoms with Crippen molar-refractivity contribution >= 4 is 18.4 Å². The minimum Gasteiger partial charge on any atom is -0.485 e. The Hall–Kier alpha value is -2.67. The van der Waals surface area contributed by atoms with Crippen LogP contribution in [0.25, 0.3) is 0 Å². The van der Waals surface area contributed by atoms with Crippen LogP contribution in [0.15, 0.2) is 39.9 Å². The maximum Gasteiger partial charge on any atom is 0.216 e. The van der Waals surface area contributed by atoms with Crippen LogP contribution in [0.5, 0.6) is 5.75 Å². The van der Waals surface area contributed by atoms with Gasteiger partial charge in [-0.15, -0.1) is 0 Å². The smallest absolute Gasteiger partial charge is 0.216 e. The highest BCUT2D eigenvalue weighted by Gasteiger charge is 2.11. The van der Waals surface area contributed by atoms with Gasteiger partial charge in [-0.3, -0.25) is 0 Å². The van der Waals surface area contributed by atoms with Crippen molar-refractivity contribution < 1.29 is 9.15 Å². The van der Waals surface area contributed by atoms with Gasteiger partial charge in [0, 0.05) is 0 Å². The molecule has 0 aliphatic heterocycles. The fourth-order valence-corrected chi connectivity index (χ4v) is 2.76. The van der Waals surface area contributed by atoms with E-state index in [9.17, 15) is 0 Å². The van der Waals surface area contributed by atoms with Gasteiger partial charge in [-0.05, 0) is 61.3 Å². The predicted molar refractivity (Wildman–Crippen MR) is 103 cm³/mol. The first-order valence-electron chi connectivity index (χ1n) is 8.44. The molecule has 0 unspecified atom stereocenters. The summed E-state index contributed by atoms with van der Waals surface area (Å²) in [7, 11) is 0. The third kappa shape index (κ3) is 4.11. The zero-order valence-electron chi connectivity index (χ0n) is 15.3. The maximum absolute atomic E-state index is 6.03. The lowest BCUT2D eigenvalue weighted by atomic mass is 10.0. The molecule has 26 heavy (non-hydrogen) atoms. The molecule has 3 rings (SSSR count). The first-order chi connectivity index (χ1) is 12.4. The van der Waals surface area contributed by atoms with Crippen LogP contribution >= 0.6 is 12.2 Å². The Morgan fingerprint density at radius 3 is 2.81 bits per heavy atom. The topological polar surface area (TPSA) is 68.3 Å². The van der Waals surface area contributed by atoms with Crippen LogP contribution in [-0.2, 0) is 6.61 Å². The number of nitrogens with zero attached hydrogens (tertiary/aromatic N) is 3. The van der Waals surface area contributed by atoms with Crippen LogP contribution in [-0.4, -0.2) is 21.1 Å². The van der Waals surface area contributed by atoms with Gasteiger partial charge >= 0.3 is 0 Å². The van der Waals surface area contributed by atoms with Crippen molar-refractivity contribution in [2.75, 3.05) is 0 Å². The van der Waals surface area contributed by atoms with Crippen molar-refractivity contribution in [3.05, 3.63) is 63.6 Å². The Balaban J connectivity index is 1.81. The van der Waals surface area contributed by atoms with Crippen molar-refractivity contribution in [3.63, 3.8) is 0 Å². The minimum absolute atomic E-state index is 0.255. The summed E-state index contributed by atoms with van der Waals surface area (Å²) in [6, 6.07) is 9.96. The highest BCUT2D eigenvalue weighted by Crippen LogP contribution is 2.28. The van der Waals surface area contributed by atoms with E-state index in [4.69, 9.17) is 21.4 Å². The molecule has 0 aliphatic carbocycles. The summed E-state index contributed by atoms with van der Waals surface area (Å²) in [6.07, 6.45) is 1.61. The lowest BCUT2D eigenvalue weighted by Gasteiger charge is -2.14. The summed E-state index contributed by atoms with van der Waals surface area (Å²) in [6.45, 7) is 8.47. The fourth-order valence-electron chi connectivity index (χ4n) is 2.56. The molecule has 0 bridgehead atoms. The van der Waals surface area contributed by atoms with E-state index in [1.165, 1.54) is 4.68 Å². The first-order valence-corrected chi connectivity index (χ1v) is 8.85. The predicted octanol–water partition coefficient (Wildman–Crippen LogP) is 4.74. The molecule has 3 aromatic rings. The number of aromatic nitrogens is 3. The quantitative estimate of drug-likeness (QED) is 0.503. The van der Waals surface area contributed by atoms with Crippen molar-refractivity contribution in [3.8, 4) is 5.75 Å². The van der Waals surface area contributed by atoms with Gasteiger partial charge in [0.2, 0.25) is 4.77 Å². The molecule has 0 aliphatic rings. The maximum atomic E-state index is 6.03. The molecule has 2 aromatic heterocycles. The lowest BCUT2D eigenvalue weighted by molar-refractivity contribution is 0.286. The Labute approximate surface area is 157 Å². The largest absolute Gasteiger partial charge is 0.485 e. The number of rotatable bonds is 6. The number of H-pyrrole nitrogens is 1. The van der Waals surface area contributed by atoms with Gasteiger partial charge in [-0.2, -0.15) is 14.9 Å². The molecule has 2 heterocycles. The fraction of sp³-hybridized carbons (Fsp3) is 0.316. The first kappa shape index (κ1) is 18.1. The van der Waals surface area contributed by atoms with E-state index in [-0.39, 0.29) is 6.61 Å². The Bertz CT molecular complexity index is 982. The van der Waals surface area contributed by atoms with Gasteiger partial charge in [0.25, 0.3) is 0 Å². The Kier molecular flexibility index (Phi) is 5.37. The number of benzene rings is 1. The highest BCUT2D eigenvalue weighted by molar-refractivity contribution is 7.71. The van der Waals surface area contributed by atoms with Crippen molar-refractivity contribution in [2.45, 2.75) is 40.2 Å². The number of furan rings is 1. The molecule has 1 N–H and O–H groups in total. The second kappa shape index (κ2) is 7.70. The van der Waals surface area contributed by atoms with Gasteiger partial charge in [0.1, 0.15) is 23.9 Å². The average Bonchev–Trinajstić information content (AvgIpc) is 3.16. The number of hydrogen-bond donors (Lipinski definition) is 1. The molecule has 7 heteroatoms. The van der Waals surface area contributed by atoms with E-state index >= 15 is 0 Å². The second-order valence-corrected chi connectivity index (χ2v) is 6.82. The van der Waals surface area contributed by atoms with E-state index in [1.54, 1.807) is 6.21 Å². The SMILES string of the molecule is Cc1ccc(C(C)C)c(OCc2n[nH]c(=S)n2/N=C\c2ccc(C)o2)c1. The lowest BCUT2D eigenvalue weighted by Crippen LogP contribution is -2.06. The molecule has 0 radical (unpaired) electrons. The molecule has 6 nitrogen and oxygen atoms in total. The molecule has 1 aromatic carbocycles. The molecule has 136 valence electrons. The summed E-state index contributed by atoms with van der Waals surface area (Å²) >= 11 is 5.26. The van der Waals surface area contributed by atoms with Crippen LogP contribution < -0.4 is 4.74 Å². The zero-order valence-corrected chi connectivity index (χ0v) is 16.1. The molecule has 0 spiro atoms. The highest BCUT2D eigenvalue weighted by atomic mass is 32.1. The van der Waals surface area contributed by atoms with Gasteiger partial charge in [-0.25, -0.2) is 5.10 Å². The Morgan fingerprint density at radius 2 is 2.12 bits per heavy atom. The number of ether oxygens (including phenoxy) is 1. The van der Waals surface area contributed by atoms with Gasteiger partial charge in [-0.1, -0.05) is 26.0 Å². The van der Waals surface area contributed by atoms with E-state index in [2.05, 4.69) is 41.3 Å². The molecule has 0 fully saturated rings. The summed E-state index contributed by atoms with van der Waals surface area (Å²) in [5.74, 6) is 3.29. The number of aryl methyl sites for hydroxylation is 2.